The molecule has 0 aromatic heterocycles. The van der Waals surface area contributed by atoms with Gasteiger partial charge in [-0.3, -0.25) is 9.59 Å². The molecular weight excluding hydrogens is 432 g/mol. The monoisotopic (exact) mass is 466 g/mol. The van der Waals surface area contributed by atoms with E-state index in [0.29, 0.717) is 19.4 Å². The van der Waals surface area contributed by atoms with Gasteiger partial charge in [-0.05, 0) is 41.0 Å². The summed E-state index contributed by atoms with van der Waals surface area (Å²) in [5, 5.41) is 11.6. The summed E-state index contributed by atoms with van der Waals surface area (Å²) in [6.45, 7) is 4.56. The van der Waals surface area contributed by atoms with E-state index >= 15 is 0 Å². The second kappa shape index (κ2) is 11.7. The number of alkyl carbamates (subject to hydrolysis) is 1. The second-order valence-electron chi connectivity index (χ2n) is 9.03. The van der Waals surface area contributed by atoms with Crippen molar-refractivity contribution in [2.45, 2.75) is 51.5 Å². The summed E-state index contributed by atoms with van der Waals surface area (Å²) in [6, 6.07) is 15.5. The van der Waals surface area contributed by atoms with Gasteiger partial charge in [0.05, 0.1) is 0 Å². The first-order valence-corrected chi connectivity index (χ1v) is 11.9. The highest BCUT2D eigenvalue weighted by Crippen LogP contribution is 2.44. The maximum Gasteiger partial charge on any atom is 0.407 e. The van der Waals surface area contributed by atoms with E-state index in [1.165, 1.54) is 4.90 Å². The molecule has 2 aromatic rings. The fourth-order valence-corrected chi connectivity index (χ4v) is 4.42. The molecule has 7 nitrogen and oxygen atoms in total. The summed E-state index contributed by atoms with van der Waals surface area (Å²) in [5.41, 5.74) is 4.56. The summed E-state index contributed by atoms with van der Waals surface area (Å²) >= 11 is 0. The number of fused-ring (bicyclic) bond motifs is 3. The predicted molar refractivity (Wildman–Crippen MR) is 131 cm³/mol. The Morgan fingerprint density at radius 1 is 1.06 bits per heavy atom. The number of nitrogens with one attached hydrogen (secondary N) is 1. The van der Waals surface area contributed by atoms with E-state index in [2.05, 4.69) is 29.6 Å². The molecule has 1 aliphatic carbocycles. The van der Waals surface area contributed by atoms with Crippen LogP contribution in [0.1, 0.15) is 56.6 Å². The van der Waals surface area contributed by atoms with Crippen LogP contribution in [-0.2, 0) is 14.3 Å². The Labute approximate surface area is 201 Å². The van der Waals surface area contributed by atoms with E-state index in [4.69, 9.17) is 9.84 Å². The fraction of sp³-hybridized carbons (Fsp3) is 0.444. The lowest BCUT2D eigenvalue weighted by Crippen LogP contribution is -2.48. The number of amides is 2. The van der Waals surface area contributed by atoms with Gasteiger partial charge >= 0.3 is 12.1 Å². The van der Waals surface area contributed by atoms with Gasteiger partial charge in [0.15, 0.2) is 0 Å². The Kier molecular flexibility index (Phi) is 8.68. The van der Waals surface area contributed by atoms with Crippen LogP contribution in [0.25, 0.3) is 11.1 Å². The Bertz CT molecular complexity index is 976. The van der Waals surface area contributed by atoms with Gasteiger partial charge in [-0.2, -0.15) is 0 Å². The van der Waals surface area contributed by atoms with Crippen LogP contribution in [0, 0.1) is 5.92 Å². The predicted octanol–water partition coefficient (Wildman–Crippen LogP) is 4.65. The molecule has 2 aromatic carbocycles. The summed E-state index contributed by atoms with van der Waals surface area (Å²) < 4.78 is 5.63. The fourth-order valence-electron chi connectivity index (χ4n) is 4.42. The average molecular weight is 467 g/mol. The number of carboxylic acid groups (broad SMARTS) is 1. The Balaban J connectivity index is 1.64. The van der Waals surface area contributed by atoms with Crippen LogP contribution < -0.4 is 5.32 Å². The summed E-state index contributed by atoms with van der Waals surface area (Å²) in [4.78, 5) is 38.0. The van der Waals surface area contributed by atoms with Crippen LogP contribution in [0.4, 0.5) is 4.79 Å². The zero-order valence-electron chi connectivity index (χ0n) is 20.1. The van der Waals surface area contributed by atoms with Gasteiger partial charge in [-0.1, -0.05) is 68.8 Å². The molecule has 0 radical (unpaired) electrons. The summed E-state index contributed by atoms with van der Waals surface area (Å²) in [6.07, 6.45) is 1.09. The number of benzene rings is 2. The first kappa shape index (κ1) is 25.3. The maximum atomic E-state index is 13.0. The summed E-state index contributed by atoms with van der Waals surface area (Å²) in [7, 11) is 1.63. The van der Waals surface area contributed by atoms with Gasteiger partial charge in [-0.15, -0.1) is 0 Å². The largest absolute Gasteiger partial charge is 0.481 e. The van der Waals surface area contributed by atoms with Crippen molar-refractivity contribution in [2.24, 2.45) is 5.92 Å². The highest BCUT2D eigenvalue weighted by molar-refractivity contribution is 5.85. The van der Waals surface area contributed by atoms with E-state index in [9.17, 15) is 14.4 Å². The van der Waals surface area contributed by atoms with E-state index in [0.717, 1.165) is 28.7 Å². The molecule has 2 amide bonds. The lowest BCUT2D eigenvalue weighted by Gasteiger charge is -2.26. The smallest absolute Gasteiger partial charge is 0.407 e. The van der Waals surface area contributed by atoms with Crippen LogP contribution in [0.15, 0.2) is 48.5 Å². The Morgan fingerprint density at radius 2 is 1.65 bits per heavy atom. The lowest BCUT2D eigenvalue weighted by atomic mass is 9.98. The van der Waals surface area contributed by atoms with Crippen molar-refractivity contribution in [3.8, 4) is 11.1 Å². The molecule has 0 spiro atoms. The minimum Gasteiger partial charge on any atom is -0.481 e. The zero-order valence-corrected chi connectivity index (χ0v) is 20.1. The highest BCUT2D eigenvalue weighted by Gasteiger charge is 2.30. The van der Waals surface area contributed by atoms with Crippen molar-refractivity contribution in [3.63, 3.8) is 0 Å². The van der Waals surface area contributed by atoms with Crippen LogP contribution >= 0.6 is 0 Å². The quantitative estimate of drug-likeness (QED) is 0.502. The number of nitrogens with zero attached hydrogens (tertiary/aromatic N) is 1. The molecule has 2 N–H and O–H groups in total. The molecule has 34 heavy (non-hydrogen) atoms. The third-order valence-electron chi connectivity index (χ3n) is 6.53. The molecule has 0 fully saturated rings. The van der Waals surface area contributed by atoms with Crippen molar-refractivity contribution >= 4 is 18.0 Å². The second-order valence-corrected chi connectivity index (χ2v) is 9.03. The standard InChI is InChI=1S/C27H34N2O5/c1-4-18(2)16-24(26(32)29(3)15-9-14-25(30)31)28-27(33)34-17-23-21-12-7-5-10-19(21)20-11-6-8-13-22(20)23/h5-8,10-13,18,23-24H,4,9,14-17H2,1-3H3,(H,28,33)(H,30,31). The Morgan fingerprint density at radius 3 is 2.21 bits per heavy atom. The van der Waals surface area contributed by atoms with Crippen molar-refractivity contribution in [1.29, 1.82) is 0 Å². The molecule has 1 aliphatic rings. The van der Waals surface area contributed by atoms with Gasteiger partial charge in [0.25, 0.3) is 0 Å². The molecule has 182 valence electrons. The van der Waals surface area contributed by atoms with E-state index < -0.39 is 18.1 Å². The number of carbonyl (C=O) groups excluding carboxylic acids is 2. The van der Waals surface area contributed by atoms with E-state index in [-0.39, 0.29) is 30.8 Å². The molecule has 2 unspecified atom stereocenters. The molecule has 0 aliphatic heterocycles. The Hall–Kier alpha value is -3.35. The molecule has 0 bridgehead atoms. The summed E-state index contributed by atoms with van der Waals surface area (Å²) in [5.74, 6) is -0.955. The first-order chi connectivity index (χ1) is 16.3. The van der Waals surface area contributed by atoms with E-state index in [1.807, 2.05) is 38.1 Å². The maximum absolute atomic E-state index is 13.0. The van der Waals surface area contributed by atoms with Gasteiger partial charge in [-0.25, -0.2) is 4.79 Å². The third-order valence-corrected chi connectivity index (χ3v) is 6.53. The van der Waals surface area contributed by atoms with Crippen LogP contribution in [-0.4, -0.2) is 54.2 Å². The SMILES string of the molecule is CCC(C)CC(NC(=O)OCC1c2ccccc2-c2ccccc21)C(=O)N(C)CCCC(=O)O. The van der Waals surface area contributed by atoms with Gasteiger partial charge in [0.1, 0.15) is 12.6 Å². The number of aliphatic carboxylic acids is 1. The number of carboxylic acids is 1. The topological polar surface area (TPSA) is 95.9 Å². The minimum absolute atomic E-state index is 0.00649. The van der Waals surface area contributed by atoms with Gasteiger partial charge in [0.2, 0.25) is 5.91 Å². The minimum atomic E-state index is -0.895. The number of hydrogen-bond donors (Lipinski definition) is 2. The number of likely N-dealkylation sites (N-methyl/N-ethyl adjacent to an activating group) is 1. The molecule has 0 saturated heterocycles. The molecule has 0 heterocycles. The lowest BCUT2D eigenvalue weighted by molar-refractivity contribution is -0.138. The highest BCUT2D eigenvalue weighted by atomic mass is 16.5. The van der Waals surface area contributed by atoms with Gasteiger partial charge < -0.3 is 20.1 Å². The number of hydrogen-bond acceptors (Lipinski definition) is 4. The molecule has 2 atom stereocenters. The van der Waals surface area contributed by atoms with Crippen molar-refractivity contribution < 1.29 is 24.2 Å². The van der Waals surface area contributed by atoms with Crippen LogP contribution in [0.5, 0.6) is 0 Å². The zero-order chi connectivity index (χ0) is 24.7. The average Bonchev–Trinajstić information content (AvgIpc) is 3.15. The van der Waals surface area contributed by atoms with Crippen molar-refractivity contribution in [2.75, 3.05) is 20.2 Å². The van der Waals surface area contributed by atoms with Gasteiger partial charge in [0, 0.05) is 25.9 Å². The third kappa shape index (κ3) is 6.16. The number of rotatable bonds is 11. The number of carbonyl (C=O) groups is 3. The van der Waals surface area contributed by atoms with Crippen LogP contribution in [0.2, 0.25) is 0 Å². The molecule has 0 saturated carbocycles. The molecule has 7 heteroatoms. The van der Waals surface area contributed by atoms with Crippen molar-refractivity contribution in [1.82, 2.24) is 10.2 Å². The normalized spacial score (nSPS) is 14.0. The molecule has 3 rings (SSSR count). The molecular formula is C27H34N2O5. The van der Waals surface area contributed by atoms with Crippen LogP contribution in [0.3, 0.4) is 0 Å². The van der Waals surface area contributed by atoms with E-state index in [1.54, 1.807) is 7.05 Å². The number of ether oxygens (including phenoxy) is 1. The first-order valence-electron chi connectivity index (χ1n) is 11.9. The van der Waals surface area contributed by atoms with Crippen molar-refractivity contribution in [3.05, 3.63) is 59.7 Å².